The van der Waals surface area contributed by atoms with Crippen LogP contribution in [0.2, 0.25) is 0 Å². The number of carboxylic acid groups (broad SMARTS) is 1. The van der Waals surface area contributed by atoms with E-state index in [0.29, 0.717) is 11.4 Å². The molecule has 0 aromatic heterocycles. The average Bonchev–Trinajstić information content (AvgIpc) is 2.42. The average molecular weight is 269 g/mol. The van der Waals surface area contributed by atoms with Gasteiger partial charge in [-0.15, -0.1) is 0 Å². The summed E-state index contributed by atoms with van der Waals surface area (Å²) in [6.07, 6.45) is 0. The van der Waals surface area contributed by atoms with Gasteiger partial charge in [0.05, 0.1) is 11.3 Å². The third kappa shape index (κ3) is 2.80. The lowest BCUT2D eigenvalue weighted by Gasteiger charge is -2.13. The van der Waals surface area contributed by atoms with Crippen LogP contribution in [0.1, 0.15) is 21.5 Å². The van der Waals surface area contributed by atoms with E-state index in [-0.39, 0.29) is 11.3 Å². The molecular formula is C16H15NO3. The SMILES string of the molecule is C=C(Nc1ccccc1C(=O)O)c1ccc(O)c(C)c1. The van der Waals surface area contributed by atoms with E-state index in [4.69, 9.17) is 5.11 Å². The van der Waals surface area contributed by atoms with Crippen molar-refractivity contribution in [3.63, 3.8) is 0 Å². The Morgan fingerprint density at radius 3 is 2.55 bits per heavy atom. The Morgan fingerprint density at radius 2 is 1.90 bits per heavy atom. The summed E-state index contributed by atoms with van der Waals surface area (Å²) in [7, 11) is 0. The topological polar surface area (TPSA) is 69.6 Å². The Balaban J connectivity index is 2.28. The molecule has 0 heterocycles. The maximum Gasteiger partial charge on any atom is 0.337 e. The van der Waals surface area contributed by atoms with Crippen LogP contribution in [0.4, 0.5) is 5.69 Å². The maximum atomic E-state index is 11.1. The summed E-state index contributed by atoms with van der Waals surface area (Å²) >= 11 is 0. The summed E-state index contributed by atoms with van der Waals surface area (Å²) in [6.45, 7) is 5.69. The summed E-state index contributed by atoms with van der Waals surface area (Å²) in [5, 5.41) is 21.6. The second-order valence-electron chi connectivity index (χ2n) is 4.46. The first-order chi connectivity index (χ1) is 9.49. The first-order valence-electron chi connectivity index (χ1n) is 6.07. The Labute approximate surface area is 117 Å². The summed E-state index contributed by atoms with van der Waals surface area (Å²) in [5.74, 6) is -0.782. The summed E-state index contributed by atoms with van der Waals surface area (Å²) in [4.78, 5) is 11.1. The normalized spacial score (nSPS) is 10.1. The molecule has 3 N–H and O–H groups in total. The summed E-state index contributed by atoms with van der Waals surface area (Å²) in [6, 6.07) is 11.7. The zero-order valence-corrected chi connectivity index (χ0v) is 11.1. The van der Waals surface area contributed by atoms with Gasteiger partial charge in [0.15, 0.2) is 0 Å². The van der Waals surface area contributed by atoms with E-state index in [1.807, 2.05) is 0 Å². The molecular weight excluding hydrogens is 254 g/mol. The molecule has 0 bridgehead atoms. The molecule has 4 heteroatoms. The number of nitrogens with one attached hydrogen (secondary N) is 1. The van der Waals surface area contributed by atoms with Gasteiger partial charge in [0.25, 0.3) is 0 Å². The molecule has 0 spiro atoms. The van der Waals surface area contributed by atoms with Gasteiger partial charge >= 0.3 is 5.97 Å². The lowest BCUT2D eigenvalue weighted by atomic mass is 10.1. The minimum atomic E-state index is -0.997. The molecule has 0 amide bonds. The molecule has 0 saturated heterocycles. The molecule has 0 unspecified atom stereocenters. The molecule has 0 radical (unpaired) electrons. The van der Waals surface area contributed by atoms with Crippen molar-refractivity contribution in [1.82, 2.24) is 0 Å². The van der Waals surface area contributed by atoms with Crippen molar-refractivity contribution in [3.05, 3.63) is 65.7 Å². The van der Waals surface area contributed by atoms with E-state index in [1.54, 1.807) is 43.3 Å². The quantitative estimate of drug-likeness (QED) is 0.794. The molecule has 102 valence electrons. The zero-order chi connectivity index (χ0) is 14.7. The minimum absolute atomic E-state index is 0.184. The number of rotatable bonds is 4. The van der Waals surface area contributed by atoms with E-state index in [0.717, 1.165) is 11.1 Å². The second-order valence-corrected chi connectivity index (χ2v) is 4.46. The van der Waals surface area contributed by atoms with Crippen LogP contribution in [0.5, 0.6) is 5.75 Å². The lowest BCUT2D eigenvalue weighted by Crippen LogP contribution is -2.05. The number of hydrogen-bond donors (Lipinski definition) is 3. The third-order valence-electron chi connectivity index (χ3n) is 2.99. The van der Waals surface area contributed by atoms with Crippen molar-refractivity contribution in [2.24, 2.45) is 0 Å². The number of aromatic hydroxyl groups is 1. The second kappa shape index (κ2) is 5.48. The molecule has 0 aliphatic heterocycles. The first kappa shape index (κ1) is 13.7. The molecule has 0 atom stereocenters. The largest absolute Gasteiger partial charge is 0.508 e. The minimum Gasteiger partial charge on any atom is -0.508 e. The van der Waals surface area contributed by atoms with Crippen molar-refractivity contribution < 1.29 is 15.0 Å². The van der Waals surface area contributed by atoms with Crippen LogP contribution in [-0.2, 0) is 0 Å². The van der Waals surface area contributed by atoms with Crippen LogP contribution in [0.15, 0.2) is 49.0 Å². The van der Waals surface area contributed by atoms with Gasteiger partial charge in [-0.05, 0) is 48.4 Å². The van der Waals surface area contributed by atoms with Crippen molar-refractivity contribution in [2.45, 2.75) is 6.92 Å². The number of para-hydroxylation sites is 1. The number of phenols is 1. The molecule has 2 rings (SSSR count). The number of anilines is 1. The standard InChI is InChI=1S/C16H15NO3/c1-10-9-12(7-8-15(10)18)11(2)17-14-6-4-3-5-13(14)16(19)20/h3-9,17-18H,2H2,1H3,(H,19,20). The summed E-state index contributed by atoms with van der Waals surface area (Å²) < 4.78 is 0. The number of aromatic carboxylic acids is 1. The van der Waals surface area contributed by atoms with Gasteiger partial charge in [-0.3, -0.25) is 0 Å². The Hall–Kier alpha value is -2.75. The highest BCUT2D eigenvalue weighted by molar-refractivity contribution is 5.96. The Morgan fingerprint density at radius 1 is 1.20 bits per heavy atom. The van der Waals surface area contributed by atoms with Gasteiger partial charge in [0.2, 0.25) is 0 Å². The van der Waals surface area contributed by atoms with Crippen LogP contribution in [0.25, 0.3) is 5.70 Å². The van der Waals surface area contributed by atoms with Gasteiger partial charge in [0, 0.05) is 5.70 Å². The summed E-state index contributed by atoms with van der Waals surface area (Å²) in [5.41, 5.74) is 2.76. The van der Waals surface area contributed by atoms with E-state index >= 15 is 0 Å². The van der Waals surface area contributed by atoms with Crippen LogP contribution in [-0.4, -0.2) is 16.2 Å². The smallest absolute Gasteiger partial charge is 0.337 e. The molecule has 0 aliphatic carbocycles. The van der Waals surface area contributed by atoms with Crippen molar-refractivity contribution in [2.75, 3.05) is 5.32 Å². The molecule has 0 aliphatic rings. The fourth-order valence-electron chi connectivity index (χ4n) is 1.86. The van der Waals surface area contributed by atoms with Crippen molar-refractivity contribution in [1.29, 1.82) is 0 Å². The highest BCUT2D eigenvalue weighted by Crippen LogP contribution is 2.24. The van der Waals surface area contributed by atoms with E-state index in [1.165, 1.54) is 6.07 Å². The van der Waals surface area contributed by atoms with Crippen LogP contribution < -0.4 is 5.32 Å². The number of phenolic OH excluding ortho intramolecular Hbond substituents is 1. The first-order valence-corrected chi connectivity index (χ1v) is 6.07. The predicted molar refractivity (Wildman–Crippen MR) is 78.9 cm³/mol. The highest BCUT2D eigenvalue weighted by atomic mass is 16.4. The molecule has 2 aromatic rings. The molecule has 0 fully saturated rings. The van der Waals surface area contributed by atoms with Crippen LogP contribution in [0.3, 0.4) is 0 Å². The number of benzene rings is 2. The molecule has 0 saturated carbocycles. The third-order valence-corrected chi connectivity index (χ3v) is 2.99. The van der Waals surface area contributed by atoms with Crippen LogP contribution >= 0.6 is 0 Å². The van der Waals surface area contributed by atoms with Crippen molar-refractivity contribution in [3.8, 4) is 5.75 Å². The number of hydrogen-bond acceptors (Lipinski definition) is 3. The molecule has 4 nitrogen and oxygen atoms in total. The van der Waals surface area contributed by atoms with Gasteiger partial charge in [-0.1, -0.05) is 18.7 Å². The number of carboxylic acids is 1. The van der Waals surface area contributed by atoms with Gasteiger partial charge in [-0.2, -0.15) is 0 Å². The number of aryl methyl sites for hydroxylation is 1. The zero-order valence-electron chi connectivity index (χ0n) is 11.1. The Bertz CT molecular complexity index is 677. The van der Waals surface area contributed by atoms with Gasteiger partial charge < -0.3 is 15.5 Å². The number of carbonyl (C=O) groups is 1. The van der Waals surface area contributed by atoms with Gasteiger partial charge in [0.1, 0.15) is 5.75 Å². The lowest BCUT2D eigenvalue weighted by molar-refractivity contribution is 0.0698. The predicted octanol–water partition coefficient (Wildman–Crippen LogP) is 3.48. The Kier molecular flexibility index (Phi) is 3.75. The maximum absolute atomic E-state index is 11.1. The van der Waals surface area contributed by atoms with Crippen LogP contribution in [0, 0.1) is 6.92 Å². The molecule has 2 aromatic carbocycles. The monoisotopic (exact) mass is 269 g/mol. The van der Waals surface area contributed by atoms with E-state index in [2.05, 4.69) is 11.9 Å². The highest BCUT2D eigenvalue weighted by Gasteiger charge is 2.10. The van der Waals surface area contributed by atoms with E-state index < -0.39 is 5.97 Å². The molecule has 20 heavy (non-hydrogen) atoms. The fourth-order valence-corrected chi connectivity index (χ4v) is 1.86. The van der Waals surface area contributed by atoms with Gasteiger partial charge in [-0.25, -0.2) is 4.79 Å². The fraction of sp³-hybridized carbons (Fsp3) is 0.0625. The van der Waals surface area contributed by atoms with Crippen molar-refractivity contribution >= 4 is 17.4 Å². The van der Waals surface area contributed by atoms with E-state index in [9.17, 15) is 9.90 Å².